The van der Waals surface area contributed by atoms with Gasteiger partial charge in [0.1, 0.15) is 35.7 Å². The number of carbonyl (C=O) groups is 1. The zero-order valence-corrected chi connectivity index (χ0v) is 27.9. The Morgan fingerprint density at radius 3 is 2.66 bits per heavy atom. The molecule has 0 spiro atoms. The fourth-order valence-corrected chi connectivity index (χ4v) is 7.28. The molecule has 47 heavy (non-hydrogen) atoms. The third-order valence-electron chi connectivity index (χ3n) is 7.46. The van der Waals surface area contributed by atoms with Gasteiger partial charge in [-0.05, 0) is 17.7 Å². The summed E-state index contributed by atoms with van der Waals surface area (Å²) in [6.45, 7) is -5.05. The third kappa shape index (κ3) is 6.82. The summed E-state index contributed by atoms with van der Waals surface area (Å²) in [6.07, 6.45) is -5.15. The molecule has 3 aromatic heterocycles. The lowest BCUT2D eigenvalue weighted by Gasteiger charge is -2.24. The minimum Gasteiger partial charge on any atom is -0.382 e. The van der Waals surface area contributed by atoms with Crippen molar-refractivity contribution >= 4 is 72.0 Å². The largest absolute Gasteiger partial charge is 0.386 e. The number of nitrogens with zero attached hydrogens (tertiary/aromatic N) is 7. The average molecular weight is 732 g/mol. The Hall–Kier alpha value is -2.97. The van der Waals surface area contributed by atoms with Crippen molar-refractivity contribution in [2.24, 2.45) is 5.73 Å². The monoisotopic (exact) mass is 731 g/mol. The topological polar surface area (TPSA) is 233 Å². The van der Waals surface area contributed by atoms with Crippen LogP contribution in [-0.4, -0.2) is 85.2 Å². The molecule has 2 fully saturated rings. The van der Waals surface area contributed by atoms with Crippen LogP contribution in [0.5, 0.6) is 0 Å². The van der Waals surface area contributed by atoms with Crippen molar-refractivity contribution in [1.82, 2.24) is 34.5 Å². The van der Waals surface area contributed by atoms with E-state index < -0.39 is 63.0 Å². The van der Waals surface area contributed by atoms with Crippen molar-refractivity contribution in [3.63, 3.8) is 0 Å². The van der Waals surface area contributed by atoms with E-state index in [0.717, 1.165) is 7.11 Å². The van der Waals surface area contributed by atoms with Gasteiger partial charge in [-0.2, -0.15) is 0 Å². The number of amides is 1. The molecule has 0 radical (unpaired) electrons. The van der Waals surface area contributed by atoms with Crippen LogP contribution >= 0.6 is 38.1 Å². The van der Waals surface area contributed by atoms with Gasteiger partial charge in [-0.25, -0.2) is 33.2 Å². The highest BCUT2D eigenvalue weighted by Crippen LogP contribution is 2.58. The van der Waals surface area contributed by atoms with Crippen molar-refractivity contribution < 1.29 is 45.9 Å². The Morgan fingerprint density at radius 1 is 1.15 bits per heavy atom. The van der Waals surface area contributed by atoms with E-state index in [4.69, 9.17) is 39.0 Å². The van der Waals surface area contributed by atoms with Crippen molar-refractivity contribution in [3.8, 4) is 0 Å². The molecule has 23 heteroatoms. The van der Waals surface area contributed by atoms with Crippen LogP contribution in [0.4, 0.5) is 10.2 Å². The fourth-order valence-electron chi connectivity index (χ4n) is 5.17. The molecule has 5 heterocycles. The van der Waals surface area contributed by atoms with Gasteiger partial charge in [-0.3, -0.25) is 22.9 Å². The van der Waals surface area contributed by atoms with Gasteiger partial charge < -0.3 is 25.5 Å². The number of thiol groups is 2. The molecule has 2 aliphatic rings. The Kier molecular flexibility index (Phi) is 9.49. The maximum atomic E-state index is 16.1. The summed E-state index contributed by atoms with van der Waals surface area (Å²) >= 11 is 7.89. The molecule has 0 bridgehead atoms. The fraction of sp³-hybridized carbons (Fsp3) is 0.417. The Labute approximate surface area is 275 Å². The van der Waals surface area contributed by atoms with Gasteiger partial charge in [0.25, 0.3) is 5.91 Å². The Morgan fingerprint density at radius 2 is 1.91 bits per heavy atom. The summed E-state index contributed by atoms with van der Waals surface area (Å²) in [4.78, 5) is 23.9. The number of ether oxygens (including phenoxy) is 2. The summed E-state index contributed by atoms with van der Waals surface area (Å²) in [5, 5.41) is 8.17. The molecule has 4 N–H and O–H groups in total. The lowest BCUT2D eigenvalue weighted by molar-refractivity contribution is -0.0419. The van der Waals surface area contributed by atoms with Gasteiger partial charge in [0.05, 0.1) is 30.6 Å². The van der Waals surface area contributed by atoms with Gasteiger partial charge in [0, 0.05) is 13.5 Å². The number of fused-ring (bicyclic) bond motifs is 2. The zero-order chi connectivity index (χ0) is 33.7. The molecular formula is C24H28FN9O9P2S2. The van der Waals surface area contributed by atoms with Crippen molar-refractivity contribution in [2.45, 2.75) is 43.4 Å². The average Bonchev–Trinajstić information content (AvgIpc) is 3.80. The molecule has 8 atom stereocenters. The smallest absolute Gasteiger partial charge is 0.382 e. The van der Waals surface area contributed by atoms with E-state index in [1.807, 2.05) is 0 Å². The number of alkyl halides is 1. The molecule has 1 unspecified atom stereocenters. The highest BCUT2D eigenvalue weighted by atomic mass is 32.7. The predicted molar refractivity (Wildman–Crippen MR) is 169 cm³/mol. The highest BCUT2D eigenvalue weighted by molar-refractivity contribution is 8.44. The van der Waals surface area contributed by atoms with Crippen LogP contribution < -0.4 is 11.5 Å². The lowest BCUT2D eigenvalue weighted by atomic mass is 10.1. The first kappa shape index (κ1) is 33.9. The zero-order valence-electron chi connectivity index (χ0n) is 24.3. The lowest BCUT2D eigenvalue weighted by Crippen LogP contribution is -2.33. The predicted octanol–water partition coefficient (Wildman–Crippen LogP) is 3.17. The molecule has 1 aromatic carbocycles. The van der Waals surface area contributed by atoms with Crippen LogP contribution in [0.15, 0.2) is 43.0 Å². The number of hydrogen-bond donors (Lipinski definition) is 4. The minimum absolute atomic E-state index is 0.0598. The maximum absolute atomic E-state index is 16.1. The van der Waals surface area contributed by atoms with Crippen LogP contribution in [0, 0.1) is 0 Å². The van der Waals surface area contributed by atoms with Crippen LogP contribution in [0.25, 0.3) is 22.2 Å². The highest BCUT2D eigenvalue weighted by Gasteiger charge is 2.51. The van der Waals surface area contributed by atoms with Crippen molar-refractivity contribution in [2.75, 3.05) is 26.1 Å². The van der Waals surface area contributed by atoms with Gasteiger partial charge in [0.15, 0.2) is 30.1 Å². The summed E-state index contributed by atoms with van der Waals surface area (Å²) in [5.74, 6) is -0.599. The molecule has 0 aliphatic carbocycles. The van der Waals surface area contributed by atoms with E-state index in [1.165, 1.54) is 28.0 Å². The number of halogens is 1. The van der Waals surface area contributed by atoms with E-state index in [1.54, 1.807) is 12.1 Å². The van der Waals surface area contributed by atoms with Crippen LogP contribution in [0.2, 0.25) is 0 Å². The van der Waals surface area contributed by atoms with Gasteiger partial charge in [0.2, 0.25) is 0 Å². The second kappa shape index (κ2) is 13.1. The number of rotatable bonds is 12. The first-order valence-electron chi connectivity index (χ1n) is 13.7. The number of hydrogen-bond acceptors (Lipinski definition) is 15. The first-order valence-corrected chi connectivity index (χ1v) is 19.1. The van der Waals surface area contributed by atoms with E-state index >= 15 is 4.39 Å². The van der Waals surface area contributed by atoms with Gasteiger partial charge >= 0.3 is 13.6 Å². The first-order chi connectivity index (χ1) is 22.3. The van der Waals surface area contributed by atoms with Crippen molar-refractivity contribution in [1.29, 1.82) is 0 Å². The molecule has 1 amide bonds. The molecular weight excluding hydrogens is 703 g/mol. The molecule has 2 saturated heterocycles. The number of carbonyl (C=O) groups excluding carboxylic acids is 1. The summed E-state index contributed by atoms with van der Waals surface area (Å²) in [6, 6.07) is 4.87. The number of nitrogen functional groups attached to an aromatic ring is 1. The molecule has 18 nitrogen and oxygen atoms in total. The van der Waals surface area contributed by atoms with E-state index in [2.05, 4.69) is 56.3 Å². The standard InChI is InChI=1S/C24H28FN9O9P2S2/c1-11-6-16(34-13-5-3-4-12(22(27)35)18(13)31-32-34)41-14(11)7-40-45(37,47)43-20-15(8-39-44(36,46)38-2)42-24(17(20)25)33-10-30-19-21(26)28-9-29-23(19)33/h3-5,9-10,14-17,20,24H,1,6-8H2,2H3,(H2,27,35)(H,36,46)(H,37,47)(H2,26,28,29)/t14-,15-,16-,17-,20-,24-,44+,45?/m1/s1. The molecule has 2 aliphatic heterocycles. The van der Waals surface area contributed by atoms with Crippen LogP contribution in [0.1, 0.15) is 29.2 Å². The normalized spacial score (nSPS) is 27.4. The van der Waals surface area contributed by atoms with Gasteiger partial charge in [-0.1, -0.05) is 42.4 Å². The summed E-state index contributed by atoms with van der Waals surface area (Å²) in [7, 11) is 1.11. The minimum atomic E-state index is -4.34. The maximum Gasteiger partial charge on any atom is 0.386 e. The van der Waals surface area contributed by atoms with Crippen LogP contribution in [-0.2, 0) is 36.7 Å². The molecule has 0 saturated carbocycles. The molecule has 252 valence electrons. The van der Waals surface area contributed by atoms with Crippen LogP contribution in [0.3, 0.4) is 0 Å². The summed E-state index contributed by atoms with van der Waals surface area (Å²) in [5.41, 5.74) is 13.2. The number of anilines is 1. The Balaban J connectivity index is 1.16. The number of benzene rings is 1. The molecule has 4 aromatic rings. The summed E-state index contributed by atoms with van der Waals surface area (Å²) < 4.78 is 77.5. The second-order valence-electron chi connectivity index (χ2n) is 10.4. The van der Waals surface area contributed by atoms with E-state index in [9.17, 15) is 13.9 Å². The number of aromatic nitrogens is 7. The second-order valence-corrected chi connectivity index (χ2v) is 16.3. The van der Waals surface area contributed by atoms with E-state index in [0.29, 0.717) is 16.6 Å². The Bertz CT molecular complexity index is 1950. The quantitative estimate of drug-likeness (QED) is 0.0931. The number of nitrogens with two attached hydrogens (primary N) is 2. The SMILES string of the molecule is C=C1C[C@H](n2nnc3c(C(N)=O)cccc32)O[C@@H]1COP(=O)(S)O[C@H]1[C@@H](F)[C@H](n2cnc3c(N)ncnc32)O[C@@H]1CO[P@@](=O)(S)OC. The van der Waals surface area contributed by atoms with Gasteiger partial charge in [-0.15, -0.1) is 5.10 Å². The number of imidazole rings is 1. The van der Waals surface area contributed by atoms with E-state index in [-0.39, 0.29) is 35.6 Å². The number of primary amides is 1. The molecule has 6 rings (SSSR count). The third-order valence-corrected chi connectivity index (χ3v) is 10.8. The van der Waals surface area contributed by atoms with Crippen molar-refractivity contribution in [3.05, 3.63) is 48.6 Å².